The zero-order valence-corrected chi connectivity index (χ0v) is 32.3. The summed E-state index contributed by atoms with van der Waals surface area (Å²) in [5, 5.41) is 26.5. The van der Waals surface area contributed by atoms with Gasteiger partial charge in [-0.05, 0) is 43.9 Å². The van der Waals surface area contributed by atoms with Gasteiger partial charge in [-0.25, -0.2) is 0 Å². The van der Waals surface area contributed by atoms with E-state index in [1.165, 1.54) is 0 Å². The molecule has 7 N–H and O–H groups in total. The standard InChI is InChI=1S/C36H67N7O8/c1-9-12-28(40-36(50)32(25(7)10-2)41-29(44)13-11-14-30(45)46)34(48)39-27(21-23(3)4)22-38-26(8)33(47)42-31(24(5)6)35(49)37-15-16-43-17-19-51-20-18-43/h23-28,31-32,38H,9-22H2,1-8H3,(H,37,49)(H,39,48)(H,40,50)(H,41,44)(H,42,47)(H,45,46)/t25-,26-,27?,28-,31-,32-/m0/s1. The van der Waals surface area contributed by atoms with Gasteiger partial charge in [0.1, 0.15) is 18.1 Å². The van der Waals surface area contributed by atoms with Gasteiger partial charge in [0.05, 0.1) is 19.3 Å². The molecule has 1 aliphatic rings. The first-order chi connectivity index (χ1) is 24.1. The first-order valence-electron chi connectivity index (χ1n) is 18.8. The van der Waals surface area contributed by atoms with E-state index in [0.717, 1.165) is 13.1 Å². The summed E-state index contributed by atoms with van der Waals surface area (Å²) in [5.74, 6) is -2.95. The van der Waals surface area contributed by atoms with Crippen molar-refractivity contribution in [1.29, 1.82) is 0 Å². The number of rotatable bonds is 25. The summed E-state index contributed by atoms with van der Waals surface area (Å²) in [4.78, 5) is 78.8. The van der Waals surface area contributed by atoms with Crippen LogP contribution in [0.25, 0.3) is 0 Å². The number of hydrogen-bond donors (Lipinski definition) is 7. The fraction of sp³-hybridized carbons (Fsp3) is 0.833. The third kappa shape index (κ3) is 18.7. The summed E-state index contributed by atoms with van der Waals surface area (Å²) in [6, 6.07) is -3.44. The Labute approximate surface area is 304 Å². The molecule has 0 aromatic carbocycles. The van der Waals surface area contributed by atoms with Crippen molar-refractivity contribution >= 4 is 35.5 Å². The smallest absolute Gasteiger partial charge is 0.303 e. The molecular weight excluding hydrogens is 658 g/mol. The summed E-state index contributed by atoms with van der Waals surface area (Å²) in [6.07, 6.45) is 2.21. The second kappa shape index (κ2) is 24.8. The van der Waals surface area contributed by atoms with Crippen molar-refractivity contribution in [3.05, 3.63) is 0 Å². The van der Waals surface area contributed by atoms with Crippen molar-refractivity contribution in [1.82, 2.24) is 36.8 Å². The number of carboxylic acids is 1. The normalized spacial score (nSPS) is 17.1. The van der Waals surface area contributed by atoms with Gasteiger partial charge in [0.25, 0.3) is 0 Å². The van der Waals surface area contributed by atoms with Crippen LogP contribution in [0, 0.1) is 17.8 Å². The maximum absolute atomic E-state index is 13.6. The lowest BCUT2D eigenvalue weighted by Crippen LogP contribution is -2.58. The molecule has 1 aliphatic heterocycles. The van der Waals surface area contributed by atoms with Gasteiger partial charge in [0, 0.05) is 51.6 Å². The highest BCUT2D eigenvalue weighted by molar-refractivity contribution is 5.92. The van der Waals surface area contributed by atoms with Gasteiger partial charge in [-0.15, -0.1) is 0 Å². The summed E-state index contributed by atoms with van der Waals surface area (Å²) in [7, 11) is 0. The van der Waals surface area contributed by atoms with Crippen LogP contribution in [0.5, 0.6) is 0 Å². The Morgan fingerprint density at radius 2 is 1.45 bits per heavy atom. The second-order valence-corrected chi connectivity index (χ2v) is 14.5. The zero-order valence-electron chi connectivity index (χ0n) is 32.3. The van der Waals surface area contributed by atoms with Crippen LogP contribution < -0.4 is 31.9 Å². The SMILES string of the molecule is CCC[C@H](NC(=O)[C@@H](NC(=O)CCCC(=O)O)[C@@H](C)CC)C(=O)NC(CN[C@@H](C)C(=O)N[C@H](C(=O)NCCN1CCOCC1)C(C)C)CC(C)C. The molecule has 51 heavy (non-hydrogen) atoms. The molecule has 0 saturated carbocycles. The molecule has 294 valence electrons. The quantitative estimate of drug-likeness (QED) is 0.0715. The number of nitrogens with one attached hydrogen (secondary N) is 6. The number of ether oxygens (including phenoxy) is 1. The Bertz CT molecular complexity index is 1100. The minimum Gasteiger partial charge on any atom is -0.481 e. The van der Waals surface area contributed by atoms with Crippen LogP contribution >= 0.6 is 0 Å². The second-order valence-electron chi connectivity index (χ2n) is 14.5. The number of nitrogens with zero attached hydrogens (tertiary/aromatic N) is 1. The number of aliphatic carboxylic acids is 1. The van der Waals surface area contributed by atoms with E-state index in [2.05, 4.69) is 36.8 Å². The number of carboxylic acid groups (broad SMARTS) is 1. The summed E-state index contributed by atoms with van der Waals surface area (Å²) in [5.41, 5.74) is 0. The van der Waals surface area contributed by atoms with Crippen LogP contribution in [0.1, 0.15) is 100 Å². The first-order valence-corrected chi connectivity index (χ1v) is 18.8. The average Bonchev–Trinajstić information content (AvgIpc) is 3.07. The summed E-state index contributed by atoms with van der Waals surface area (Å²) in [6.45, 7) is 19.7. The number of morpholine rings is 1. The number of hydrogen-bond acceptors (Lipinski definition) is 9. The maximum Gasteiger partial charge on any atom is 0.303 e. The topological polar surface area (TPSA) is 207 Å². The molecule has 0 spiro atoms. The Morgan fingerprint density at radius 1 is 0.784 bits per heavy atom. The third-order valence-corrected chi connectivity index (χ3v) is 9.06. The maximum atomic E-state index is 13.6. The number of carbonyl (C=O) groups is 6. The Kier molecular flexibility index (Phi) is 22.2. The van der Waals surface area contributed by atoms with Crippen LogP contribution in [0.2, 0.25) is 0 Å². The fourth-order valence-electron chi connectivity index (χ4n) is 5.73. The predicted molar refractivity (Wildman–Crippen MR) is 196 cm³/mol. The molecule has 1 unspecified atom stereocenters. The van der Waals surface area contributed by atoms with Crippen LogP contribution in [-0.4, -0.2) is 122 Å². The van der Waals surface area contributed by atoms with Gasteiger partial charge < -0.3 is 41.7 Å². The summed E-state index contributed by atoms with van der Waals surface area (Å²) < 4.78 is 5.37. The van der Waals surface area contributed by atoms with Crippen LogP contribution in [0.4, 0.5) is 0 Å². The van der Waals surface area contributed by atoms with Crippen LogP contribution in [0.3, 0.4) is 0 Å². The Balaban J connectivity index is 2.83. The monoisotopic (exact) mass is 726 g/mol. The van der Waals surface area contributed by atoms with Gasteiger partial charge in [-0.2, -0.15) is 0 Å². The van der Waals surface area contributed by atoms with E-state index in [1.807, 2.05) is 48.5 Å². The molecule has 1 rings (SSSR count). The van der Waals surface area contributed by atoms with Crippen LogP contribution in [-0.2, 0) is 33.5 Å². The number of amides is 5. The van der Waals surface area contributed by atoms with Crippen molar-refractivity contribution in [2.45, 2.75) is 131 Å². The van der Waals surface area contributed by atoms with E-state index < -0.39 is 42.0 Å². The predicted octanol–water partition coefficient (Wildman–Crippen LogP) is 1.16. The van der Waals surface area contributed by atoms with Crippen molar-refractivity contribution in [2.24, 2.45) is 17.8 Å². The van der Waals surface area contributed by atoms with E-state index in [0.29, 0.717) is 52.0 Å². The zero-order chi connectivity index (χ0) is 38.5. The molecular formula is C36H67N7O8. The van der Waals surface area contributed by atoms with Gasteiger partial charge in [-0.3, -0.25) is 33.7 Å². The van der Waals surface area contributed by atoms with E-state index in [1.54, 1.807) is 6.92 Å². The molecule has 1 fully saturated rings. The van der Waals surface area contributed by atoms with Crippen molar-refractivity contribution in [2.75, 3.05) is 45.9 Å². The summed E-state index contributed by atoms with van der Waals surface area (Å²) >= 11 is 0. The van der Waals surface area contributed by atoms with Gasteiger partial charge in [-0.1, -0.05) is 61.3 Å². The molecule has 0 aliphatic carbocycles. The van der Waals surface area contributed by atoms with E-state index >= 15 is 0 Å². The highest BCUT2D eigenvalue weighted by Gasteiger charge is 2.31. The average molecular weight is 726 g/mol. The molecule has 0 radical (unpaired) electrons. The third-order valence-electron chi connectivity index (χ3n) is 9.06. The molecule has 6 atom stereocenters. The lowest BCUT2D eigenvalue weighted by Gasteiger charge is -2.29. The van der Waals surface area contributed by atoms with Gasteiger partial charge in [0.15, 0.2) is 0 Å². The fourth-order valence-corrected chi connectivity index (χ4v) is 5.73. The molecule has 15 heteroatoms. The lowest BCUT2D eigenvalue weighted by atomic mass is 9.97. The molecule has 0 aromatic rings. The van der Waals surface area contributed by atoms with E-state index in [9.17, 15) is 28.8 Å². The van der Waals surface area contributed by atoms with Crippen molar-refractivity contribution in [3.63, 3.8) is 0 Å². The Hall–Kier alpha value is -3.30. The van der Waals surface area contributed by atoms with E-state index in [4.69, 9.17) is 9.84 Å². The van der Waals surface area contributed by atoms with Crippen LogP contribution in [0.15, 0.2) is 0 Å². The molecule has 0 bridgehead atoms. The lowest BCUT2D eigenvalue weighted by molar-refractivity contribution is -0.137. The van der Waals surface area contributed by atoms with Crippen molar-refractivity contribution in [3.8, 4) is 0 Å². The minimum absolute atomic E-state index is 0.0214. The largest absolute Gasteiger partial charge is 0.481 e. The number of carbonyl (C=O) groups excluding carboxylic acids is 5. The minimum atomic E-state index is -0.994. The first kappa shape index (κ1) is 45.7. The molecule has 0 aromatic heterocycles. The Morgan fingerprint density at radius 3 is 2.02 bits per heavy atom. The molecule has 5 amide bonds. The highest BCUT2D eigenvalue weighted by atomic mass is 16.5. The molecule has 1 heterocycles. The van der Waals surface area contributed by atoms with Gasteiger partial charge in [0.2, 0.25) is 29.5 Å². The molecule has 15 nitrogen and oxygen atoms in total. The highest BCUT2D eigenvalue weighted by Crippen LogP contribution is 2.12. The van der Waals surface area contributed by atoms with Crippen molar-refractivity contribution < 1.29 is 38.6 Å². The van der Waals surface area contributed by atoms with Gasteiger partial charge >= 0.3 is 5.97 Å². The molecule has 1 saturated heterocycles. The van der Waals surface area contributed by atoms with E-state index in [-0.39, 0.29) is 67.3 Å².